The van der Waals surface area contributed by atoms with Crippen LogP contribution in [0.3, 0.4) is 0 Å². The van der Waals surface area contributed by atoms with Crippen molar-refractivity contribution in [2.45, 2.75) is 64.5 Å². The predicted octanol–water partition coefficient (Wildman–Crippen LogP) is 3.84. The van der Waals surface area contributed by atoms with Crippen LogP contribution < -0.4 is 0 Å². The second-order valence-corrected chi connectivity index (χ2v) is 4.07. The zero-order valence-electron chi connectivity index (χ0n) is 11.3. The van der Waals surface area contributed by atoms with Crippen molar-refractivity contribution in [2.24, 2.45) is 0 Å². The van der Waals surface area contributed by atoms with Gasteiger partial charge in [0.1, 0.15) is 0 Å². The summed E-state index contributed by atoms with van der Waals surface area (Å²) < 4.78 is 31.7. The molecule has 0 fully saturated rings. The summed E-state index contributed by atoms with van der Waals surface area (Å²) in [5, 5.41) is 15.5. The molecule has 0 unspecified atom stereocenters. The van der Waals surface area contributed by atoms with Crippen LogP contribution in [0, 0.1) is 0 Å². The number of carboxylic acid groups (broad SMARTS) is 2. The molecule has 0 aromatic carbocycles. The third-order valence-corrected chi connectivity index (χ3v) is 2.24. The summed E-state index contributed by atoms with van der Waals surface area (Å²) >= 11 is 0. The summed E-state index contributed by atoms with van der Waals surface area (Å²) in [5.41, 5.74) is 0. The van der Waals surface area contributed by atoms with Crippen LogP contribution in [0.25, 0.3) is 0 Å². The molecule has 0 rings (SSSR count). The van der Waals surface area contributed by atoms with E-state index in [0.717, 1.165) is 12.8 Å². The Morgan fingerprint density at radius 3 is 1.55 bits per heavy atom. The van der Waals surface area contributed by atoms with E-state index in [4.69, 9.17) is 15.0 Å². The smallest absolute Gasteiger partial charge is 0.481 e. The first kappa shape index (κ1) is 24.3. The number of hydrogen-bond acceptors (Lipinski definition) is 2. The average Bonchev–Trinajstić information content (AvgIpc) is 2.27. The van der Waals surface area contributed by atoms with Crippen LogP contribution in [0.5, 0.6) is 0 Å². The molecular weight excluding hydrogens is 324 g/mol. The SMILES string of the molecule is CCCCCCCCCC(=O)O.O=C(O)C(F)(F)F.[Ni]. The molecule has 0 atom stereocenters. The summed E-state index contributed by atoms with van der Waals surface area (Å²) in [6.07, 6.45) is 3.56. The number of halogens is 3. The minimum Gasteiger partial charge on any atom is -0.481 e. The van der Waals surface area contributed by atoms with Crippen LogP contribution in [0.4, 0.5) is 13.2 Å². The molecule has 0 aliphatic rings. The van der Waals surface area contributed by atoms with Gasteiger partial charge in [0.25, 0.3) is 0 Å². The molecule has 0 amide bonds. The van der Waals surface area contributed by atoms with Crippen LogP contribution in [-0.4, -0.2) is 28.3 Å². The van der Waals surface area contributed by atoms with Crippen molar-refractivity contribution in [3.05, 3.63) is 0 Å². The Morgan fingerprint density at radius 1 is 0.900 bits per heavy atom. The summed E-state index contributed by atoms with van der Waals surface area (Å²) in [4.78, 5) is 19.0. The number of aliphatic carboxylic acids is 2. The molecule has 0 radical (unpaired) electrons. The molecule has 8 heteroatoms. The Kier molecular flexibility index (Phi) is 17.7. The second kappa shape index (κ2) is 14.6. The van der Waals surface area contributed by atoms with E-state index in [0.29, 0.717) is 6.42 Å². The number of unbranched alkanes of at least 4 members (excludes halogenated alkanes) is 6. The van der Waals surface area contributed by atoms with E-state index in [-0.39, 0.29) is 16.5 Å². The molecule has 4 nitrogen and oxygen atoms in total. The third-order valence-electron chi connectivity index (χ3n) is 2.24. The fourth-order valence-electron chi connectivity index (χ4n) is 1.23. The van der Waals surface area contributed by atoms with Crippen molar-refractivity contribution < 1.29 is 49.5 Å². The van der Waals surface area contributed by atoms with Crippen LogP contribution in [-0.2, 0) is 26.1 Å². The second-order valence-electron chi connectivity index (χ2n) is 4.07. The number of carboxylic acids is 2. The molecule has 0 aromatic rings. The average molecular weight is 345 g/mol. The van der Waals surface area contributed by atoms with Gasteiger partial charge in [-0.05, 0) is 6.42 Å². The van der Waals surface area contributed by atoms with E-state index in [9.17, 15) is 18.0 Å². The first-order chi connectivity index (χ1) is 8.71. The molecule has 2 N–H and O–H groups in total. The van der Waals surface area contributed by atoms with Gasteiger partial charge in [-0.25, -0.2) is 4.79 Å². The van der Waals surface area contributed by atoms with Crippen LogP contribution in [0.1, 0.15) is 58.3 Å². The Balaban J connectivity index is -0.000000312. The van der Waals surface area contributed by atoms with Crippen molar-refractivity contribution in [2.75, 3.05) is 0 Å². The minimum absolute atomic E-state index is 0. The Morgan fingerprint density at radius 2 is 1.25 bits per heavy atom. The summed E-state index contributed by atoms with van der Waals surface area (Å²) in [6.45, 7) is 2.20. The molecule has 0 saturated carbocycles. The zero-order chi connectivity index (χ0) is 15.3. The van der Waals surface area contributed by atoms with Crippen LogP contribution in [0.2, 0.25) is 0 Å². The van der Waals surface area contributed by atoms with Gasteiger partial charge in [-0.3, -0.25) is 4.79 Å². The normalized spacial score (nSPS) is 10.0. The summed E-state index contributed by atoms with van der Waals surface area (Å²) in [7, 11) is 0. The Hall–Kier alpha value is -0.776. The molecule has 20 heavy (non-hydrogen) atoms. The van der Waals surface area contributed by atoms with Crippen molar-refractivity contribution in [1.82, 2.24) is 0 Å². The van der Waals surface area contributed by atoms with E-state index >= 15 is 0 Å². The van der Waals surface area contributed by atoms with E-state index in [2.05, 4.69) is 6.92 Å². The first-order valence-corrected chi connectivity index (χ1v) is 6.23. The van der Waals surface area contributed by atoms with Gasteiger partial charge in [-0.2, -0.15) is 13.2 Å². The Bertz CT molecular complexity index is 258. The molecule has 0 heterocycles. The third kappa shape index (κ3) is 22.4. The van der Waals surface area contributed by atoms with Gasteiger partial charge < -0.3 is 10.2 Å². The molecular formula is C12H21F3NiO4. The van der Waals surface area contributed by atoms with Crippen molar-refractivity contribution >= 4 is 11.9 Å². The molecule has 0 spiro atoms. The fourth-order valence-corrected chi connectivity index (χ4v) is 1.23. The van der Waals surface area contributed by atoms with Crippen LogP contribution >= 0.6 is 0 Å². The van der Waals surface area contributed by atoms with Gasteiger partial charge in [-0.1, -0.05) is 45.4 Å². The van der Waals surface area contributed by atoms with Crippen molar-refractivity contribution in [3.63, 3.8) is 0 Å². The predicted molar refractivity (Wildman–Crippen MR) is 63.9 cm³/mol. The van der Waals surface area contributed by atoms with E-state index in [1.807, 2.05) is 0 Å². The molecule has 0 bridgehead atoms. The zero-order valence-corrected chi connectivity index (χ0v) is 12.3. The molecule has 0 aliphatic heterocycles. The maximum atomic E-state index is 10.6. The summed E-state index contributed by atoms with van der Waals surface area (Å²) in [5.74, 6) is -3.42. The van der Waals surface area contributed by atoms with Gasteiger partial charge >= 0.3 is 18.1 Å². The number of carbonyl (C=O) groups is 2. The molecule has 0 saturated heterocycles. The van der Waals surface area contributed by atoms with Gasteiger partial charge in [0.2, 0.25) is 0 Å². The number of rotatable bonds is 8. The van der Waals surface area contributed by atoms with Crippen molar-refractivity contribution in [1.29, 1.82) is 0 Å². The van der Waals surface area contributed by atoms with Crippen LogP contribution in [0.15, 0.2) is 0 Å². The molecule has 0 aromatic heterocycles. The summed E-state index contributed by atoms with van der Waals surface area (Å²) in [6, 6.07) is 0. The monoisotopic (exact) mass is 344 g/mol. The molecule has 124 valence electrons. The van der Waals surface area contributed by atoms with Crippen molar-refractivity contribution in [3.8, 4) is 0 Å². The Labute approximate surface area is 126 Å². The largest absolute Gasteiger partial charge is 0.490 e. The number of alkyl halides is 3. The number of hydrogen-bond donors (Lipinski definition) is 2. The minimum atomic E-state index is -5.08. The van der Waals surface area contributed by atoms with E-state index < -0.39 is 18.1 Å². The quantitative estimate of drug-likeness (QED) is 0.518. The van der Waals surface area contributed by atoms with Gasteiger partial charge in [0.15, 0.2) is 0 Å². The van der Waals surface area contributed by atoms with Gasteiger partial charge in [0, 0.05) is 22.9 Å². The standard InChI is InChI=1S/C10H20O2.C2HF3O2.Ni/c1-2-3-4-5-6-7-8-9-10(11)12;3-2(4,5)1(6)7;/h2-9H2,1H3,(H,11,12);(H,6,7);. The maximum absolute atomic E-state index is 10.6. The topological polar surface area (TPSA) is 74.6 Å². The van der Waals surface area contributed by atoms with E-state index in [1.54, 1.807) is 0 Å². The first-order valence-electron chi connectivity index (χ1n) is 6.23. The van der Waals surface area contributed by atoms with Gasteiger partial charge in [0.05, 0.1) is 0 Å². The van der Waals surface area contributed by atoms with Gasteiger partial charge in [-0.15, -0.1) is 0 Å². The maximum Gasteiger partial charge on any atom is 0.490 e. The molecule has 0 aliphatic carbocycles. The van der Waals surface area contributed by atoms with E-state index in [1.165, 1.54) is 32.1 Å². The fraction of sp³-hybridized carbons (Fsp3) is 0.833.